The first-order chi connectivity index (χ1) is 19.9. The monoisotopic (exact) mass is 610 g/mol. The standard InChI is InChI=1S/C24H2BClF10N6/c26-25-41-21-3-1-5(27)6(28)2-4(3)22(41)40-24-10-9(13(31)17(35)18(36)14(10)32)23(42(24)25)39-20-8-7(19(37-20)38-21)11(29)15(33)16(34)12(8)30/h1-2H/b38-19?,38-21-,39-20-,39-23?. The number of hydrogen-bond donors (Lipinski definition) is 0. The zero-order chi connectivity index (χ0) is 29.7. The summed E-state index contributed by atoms with van der Waals surface area (Å²) >= 11 is 6.68. The Bertz CT molecular complexity index is 2400. The molecule has 0 amide bonds. The lowest BCUT2D eigenvalue weighted by Crippen LogP contribution is -2.45. The van der Waals surface area contributed by atoms with Crippen LogP contribution in [0.25, 0.3) is 21.5 Å². The van der Waals surface area contributed by atoms with Gasteiger partial charge >= 0.3 is 6.40 Å². The van der Waals surface area contributed by atoms with Crippen LogP contribution in [0, 0.1) is 58.2 Å². The van der Waals surface area contributed by atoms with Gasteiger partial charge in [-0.15, -0.1) is 11.5 Å². The zero-order valence-corrected chi connectivity index (χ0v) is 20.3. The molecule has 3 aromatic carbocycles. The normalized spacial score (nSPS) is 16.7. The highest BCUT2D eigenvalue weighted by molar-refractivity contribution is 7.05. The summed E-state index contributed by atoms with van der Waals surface area (Å²) in [5.74, 6) is -23.2. The van der Waals surface area contributed by atoms with Gasteiger partial charge < -0.3 is 8.96 Å². The molecule has 0 saturated heterocycles. The highest BCUT2D eigenvalue weighted by Gasteiger charge is 2.41. The number of aromatic nitrogens is 2. The Kier molecular flexibility index (Phi) is 4.65. The minimum atomic E-state index is -2.28. The third kappa shape index (κ3) is 2.74. The van der Waals surface area contributed by atoms with Gasteiger partial charge in [-0.1, -0.05) is 0 Å². The number of nitrogens with zero attached hydrogens (tertiary/aromatic N) is 6. The Hall–Kier alpha value is -4.67. The van der Waals surface area contributed by atoms with Gasteiger partial charge in [0, 0.05) is 10.8 Å². The van der Waals surface area contributed by atoms with Crippen LogP contribution in [0.5, 0.6) is 0 Å². The molecule has 3 aliphatic heterocycles. The fraction of sp³-hybridized carbons (Fsp3) is 0. The SMILES string of the molecule is Fc1cc2c3n4/c(c2cc1F)=N\C1=NC(=N\c2c5c(F)c(F)c(F)c(F)c5c(n2B4Cl)N=3)/c2c(F)c(F)c(F)c(F)c21. The Morgan fingerprint density at radius 1 is 0.500 bits per heavy atom. The second-order valence-electron chi connectivity index (χ2n) is 9.26. The summed E-state index contributed by atoms with van der Waals surface area (Å²) < 4.78 is 149. The van der Waals surface area contributed by atoms with E-state index in [9.17, 15) is 26.3 Å². The maximum Gasteiger partial charge on any atom is 0.499 e. The van der Waals surface area contributed by atoms with Crippen LogP contribution in [0.3, 0.4) is 0 Å². The molecule has 18 heteroatoms. The molecular formula is C24H2BClF10N6. The van der Waals surface area contributed by atoms with Crippen LogP contribution in [0.4, 0.5) is 55.5 Å². The van der Waals surface area contributed by atoms with E-state index < -0.39 is 115 Å². The highest BCUT2D eigenvalue weighted by Crippen LogP contribution is 2.45. The Morgan fingerprint density at radius 3 is 1.45 bits per heavy atom. The zero-order valence-electron chi connectivity index (χ0n) is 19.6. The summed E-state index contributed by atoms with van der Waals surface area (Å²) in [5, 5.41) is -2.61. The average molecular weight is 611 g/mol. The molecule has 0 atom stereocenters. The van der Waals surface area contributed by atoms with E-state index in [1.165, 1.54) is 0 Å². The van der Waals surface area contributed by atoms with Gasteiger partial charge in [0.2, 0.25) is 0 Å². The molecule has 4 bridgehead atoms. The van der Waals surface area contributed by atoms with Crippen LogP contribution in [-0.2, 0) is 0 Å². The van der Waals surface area contributed by atoms with Gasteiger partial charge in [0.15, 0.2) is 69.8 Å². The van der Waals surface area contributed by atoms with E-state index in [1.807, 2.05) is 0 Å². The number of rotatable bonds is 0. The van der Waals surface area contributed by atoms with Crippen molar-refractivity contribution in [1.29, 1.82) is 0 Å². The van der Waals surface area contributed by atoms with Crippen LogP contribution in [-0.4, -0.2) is 27.0 Å². The van der Waals surface area contributed by atoms with Crippen molar-refractivity contribution in [2.24, 2.45) is 20.0 Å². The van der Waals surface area contributed by atoms with E-state index in [1.54, 1.807) is 0 Å². The quantitative estimate of drug-likeness (QED) is 0.0984. The van der Waals surface area contributed by atoms with Gasteiger partial charge in [-0.05, 0) is 12.1 Å². The number of amidine groups is 2. The van der Waals surface area contributed by atoms with Crippen molar-refractivity contribution in [2.75, 3.05) is 0 Å². The molecule has 42 heavy (non-hydrogen) atoms. The maximum atomic E-state index is 15.3. The van der Waals surface area contributed by atoms with E-state index in [2.05, 4.69) is 20.0 Å². The summed E-state index contributed by atoms with van der Waals surface area (Å²) in [6.45, 7) is 0. The molecule has 0 fully saturated rings. The first kappa shape index (κ1) is 25.1. The average Bonchev–Trinajstić information content (AvgIpc) is 3.58. The van der Waals surface area contributed by atoms with Crippen molar-refractivity contribution in [3.8, 4) is 0 Å². The Morgan fingerprint density at radius 2 is 0.929 bits per heavy atom. The maximum absolute atomic E-state index is 15.3. The van der Waals surface area contributed by atoms with Crippen LogP contribution < -0.4 is 11.0 Å². The molecule has 5 heterocycles. The minimum Gasteiger partial charge on any atom is -0.319 e. The number of halogens is 11. The largest absolute Gasteiger partial charge is 0.499 e. The molecule has 3 aliphatic rings. The van der Waals surface area contributed by atoms with Crippen LogP contribution in [0.1, 0.15) is 11.1 Å². The van der Waals surface area contributed by atoms with Gasteiger partial charge in [0.25, 0.3) is 0 Å². The molecule has 0 N–H and O–H groups in total. The van der Waals surface area contributed by atoms with Crippen molar-refractivity contribution in [1.82, 2.24) is 8.96 Å². The van der Waals surface area contributed by atoms with Crippen LogP contribution >= 0.6 is 11.5 Å². The molecule has 2 aromatic heterocycles. The van der Waals surface area contributed by atoms with Crippen molar-refractivity contribution in [2.45, 2.75) is 0 Å². The van der Waals surface area contributed by atoms with Crippen molar-refractivity contribution >= 4 is 62.7 Å². The number of benzene rings is 3. The first-order valence-electron chi connectivity index (χ1n) is 11.5. The molecule has 6 nitrogen and oxygen atoms in total. The molecular weight excluding hydrogens is 609 g/mol. The van der Waals surface area contributed by atoms with Crippen molar-refractivity contribution in [3.05, 3.63) is 92.4 Å². The number of aliphatic imine (C=N–C) groups is 2. The van der Waals surface area contributed by atoms with Gasteiger partial charge in [0.05, 0.1) is 21.9 Å². The third-order valence-electron chi connectivity index (χ3n) is 7.16. The lowest BCUT2D eigenvalue weighted by Gasteiger charge is -2.18. The summed E-state index contributed by atoms with van der Waals surface area (Å²) in [6, 6.07) is 1.28. The van der Waals surface area contributed by atoms with E-state index in [4.69, 9.17) is 11.5 Å². The van der Waals surface area contributed by atoms with E-state index in [-0.39, 0.29) is 16.3 Å². The molecule has 0 radical (unpaired) electrons. The third-order valence-corrected chi connectivity index (χ3v) is 7.55. The lowest BCUT2D eigenvalue weighted by molar-refractivity contribution is 0.407. The number of hydrogen-bond acceptors (Lipinski definition) is 4. The Balaban J connectivity index is 1.71. The first-order valence-corrected chi connectivity index (χ1v) is 11.9. The fourth-order valence-corrected chi connectivity index (χ4v) is 5.73. The second-order valence-corrected chi connectivity index (χ2v) is 9.65. The second kappa shape index (κ2) is 7.79. The summed E-state index contributed by atoms with van der Waals surface area (Å²) in [7, 11) is 0. The van der Waals surface area contributed by atoms with Crippen molar-refractivity contribution in [3.63, 3.8) is 0 Å². The highest BCUT2D eigenvalue weighted by atomic mass is 35.5. The minimum absolute atomic E-state index is 0.250. The Labute approximate surface area is 228 Å². The van der Waals surface area contributed by atoms with Crippen molar-refractivity contribution < 1.29 is 43.9 Å². The predicted octanol–water partition coefficient (Wildman–Crippen LogP) is 5.34. The van der Waals surface area contributed by atoms with E-state index in [0.29, 0.717) is 16.6 Å². The lowest BCUT2D eigenvalue weighted by atomic mass is 10.1. The fourth-order valence-electron chi connectivity index (χ4n) is 5.36. The van der Waals surface area contributed by atoms with Gasteiger partial charge in [-0.3, -0.25) is 0 Å². The van der Waals surface area contributed by atoms with Gasteiger partial charge in [-0.25, -0.2) is 63.9 Å². The molecule has 0 spiro atoms. The molecule has 0 unspecified atom stereocenters. The molecule has 0 aliphatic carbocycles. The van der Waals surface area contributed by atoms with E-state index >= 15 is 17.6 Å². The summed E-state index contributed by atoms with van der Waals surface area (Å²) in [5.41, 5.74) is -3.02. The predicted molar refractivity (Wildman–Crippen MR) is 127 cm³/mol. The smallest absolute Gasteiger partial charge is 0.319 e. The molecule has 5 aromatic rings. The van der Waals surface area contributed by atoms with Crippen LogP contribution in [0.2, 0.25) is 0 Å². The van der Waals surface area contributed by atoms with Crippen LogP contribution in [0.15, 0.2) is 32.1 Å². The van der Waals surface area contributed by atoms with Gasteiger partial charge in [-0.2, -0.15) is 0 Å². The topological polar surface area (TPSA) is 59.3 Å². The molecule has 8 rings (SSSR count). The van der Waals surface area contributed by atoms with Gasteiger partial charge in [0.1, 0.15) is 22.6 Å². The molecule has 0 saturated carbocycles. The summed E-state index contributed by atoms with van der Waals surface area (Å²) in [4.78, 5) is 16.0. The van der Waals surface area contributed by atoms with E-state index in [0.717, 1.165) is 4.48 Å². The number of fused-ring (bicyclic) bond motifs is 10. The molecule has 208 valence electrons. The summed E-state index contributed by atoms with van der Waals surface area (Å²) in [6.07, 6.45) is -1.76.